The molecule has 1 aliphatic heterocycles. The van der Waals surface area contributed by atoms with Gasteiger partial charge in [-0.1, -0.05) is 6.92 Å². The van der Waals surface area contributed by atoms with Gasteiger partial charge in [0.2, 0.25) is 0 Å². The zero-order chi connectivity index (χ0) is 8.10. The van der Waals surface area contributed by atoms with Gasteiger partial charge in [0.05, 0.1) is 0 Å². The molecule has 1 N–H and O–H groups in total. The fourth-order valence-electron chi connectivity index (χ4n) is 1.40. The number of rotatable bonds is 3. The van der Waals surface area contributed by atoms with Crippen molar-refractivity contribution in [2.24, 2.45) is 0 Å². The third-order valence-corrected chi connectivity index (χ3v) is 3.09. The molecule has 0 amide bonds. The number of hydrogen-bond donors (Lipinski definition) is 1. The van der Waals surface area contributed by atoms with Crippen LogP contribution in [-0.2, 0) is 0 Å². The van der Waals surface area contributed by atoms with Crippen LogP contribution in [0, 0.1) is 0 Å². The van der Waals surface area contributed by atoms with E-state index in [0.29, 0.717) is 0 Å². The van der Waals surface area contributed by atoms with E-state index in [-0.39, 0.29) is 0 Å². The quantitative estimate of drug-likeness (QED) is 0.620. The van der Waals surface area contributed by atoms with Crippen LogP contribution in [0.5, 0.6) is 0 Å². The first-order valence-electron chi connectivity index (χ1n) is 4.47. The zero-order valence-electron chi connectivity index (χ0n) is 7.15. The smallest absolute Gasteiger partial charge is 0.0201 e. The summed E-state index contributed by atoms with van der Waals surface area (Å²) in [4.78, 5) is 0. The Morgan fingerprint density at radius 3 is 2.64 bits per heavy atom. The second-order valence-electron chi connectivity index (χ2n) is 3.14. The first-order valence-corrected chi connectivity index (χ1v) is 5.43. The number of nitrogens with zero attached hydrogens (tertiary/aromatic N) is 1. The van der Waals surface area contributed by atoms with Crippen LogP contribution < -0.4 is 5.32 Å². The van der Waals surface area contributed by atoms with Crippen molar-refractivity contribution in [2.75, 3.05) is 19.6 Å². The summed E-state index contributed by atoms with van der Waals surface area (Å²) >= 11 is 2.41. The van der Waals surface area contributed by atoms with E-state index in [1.165, 1.54) is 38.9 Å². The van der Waals surface area contributed by atoms with Gasteiger partial charge in [-0.3, -0.25) is 0 Å². The Morgan fingerprint density at radius 2 is 2.09 bits per heavy atom. The molecule has 0 aromatic carbocycles. The van der Waals surface area contributed by atoms with Crippen molar-refractivity contribution in [2.45, 2.75) is 32.2 Å². The Kier molecular flexibility index (Phi) is 4.71. The minimum Gasteiger partial charge on any atom is -0.314 e. The minimum absolute atomic E-state index is 0.793. The van der Waals surface area contributed by atoms with Crippen LogP contribution in [0.3, 0.4) is 0 Å². The van der Waals surface area contributed by atoms with Gasteiger partial charge in [-0.2, -0.15) is 0 Å². The van der Waals surface area contributed by atoms with Crippen LogP contribution in [0.1, 0.15) is 26.2 Å². The molecule has 0 aromatic heterocycles. The third-order valence-electron chi connectivity index (χ3n) is 2.12. The van der Waals surface area contributed by atoms with Gasteiger partial charge in [-0.25, -0.2) is 3.11 Å². The summed E-state index contributed by atoms with van der Waals surface area (Å²) in [6, 6.07) is 0.793. The van der Waals surface area contributed by atoms with Gasteiger partial charge in [-0.05, 0) is 25.8 Å². The maximum Gasteiger partial charge on any atom is 0.0201 e. The first-order chi connectivity index (χ1) is 5.33. The Hall–Kier alpha value is 0.650. The molecule has 0 radical (unpaired) electrons. The fourth-order valence-corrected chi connectivity index (χ4v) is 1.96. The SMILES string of the molecule is CCCNC1CCN(I)CC1. The molecular weight excluding hydrogens is 251 g/mol. The van der Waals surface area contributed by atoms with Crippen LogP contribution in [-0.4, -0.2) is 28.8 Å². The van der Waals surface area contributed by atoms with E-state index in [2.05, 4.69) is 38.2 Å². The van der Waals surface area contributed by atoms with E-state index < -0.39 is 0 Å². The van der Waals surface area contributed by atoms with Gasteiger partial charge >= 0.3 is 0 Å². The predicted octanol–water partition coefficient (Wildman–Crippen LogP) is 1.80. The molecule has 66 valence electrons. The molecule has 0 aliphatic carbocycles. The number of hydrogen-bond acceptors (Lipinski definition) is 2. The highest BCUT2D eigenvalue weighted by Gasteiger charge is 2.15. The average Bonchev–Trinajstić information content (AvgIpc) is 2.04. The van der Waals surface area contributed by atoms with Crippen LogP contribution in [0.15, 0.2) is 0 Å². The summed E-state index contributed by atoms with van der Waals surface area (Å²) in [6.07, 6.45) is 3.90. The first kappa shape index (κ1) is 9.74. The normalized spacial score (nSPS) is 22.4. The van der Waals surface area contributed by atoms with Crippen molar-refractivity contribution in [1.82, 2.24) is 8.43 Å². The maximum absolute atomic E-state index is 3.56. The van der Waals surface area contributed by atoms with E-state index in [4.69, 9.17) is 0 Å². The number of piperidine rings is 1. The van der Waals surface area contributed by atoms with Gasteiger partial charge in [0, 0.05) is 42.0 Å². The molecule has 1 aliphatic rings. The summed E-state index contributed by atoms with van der Waals surface area (Å²) in [5.74, 6) is 0. The Balaban J connectivity index is 2.07. The van der Waals surface area contributed by atoms with Crippen molar-refractivity contribution in [3.8, 4) is 0 Å². The Morgan fingerprint density at radius 1 is 1.45 bits per heavy atom. The predicted molar refractivity (Wildman–Crippen MR) is 56.9 cm³/mol. The highest BCUT2D eigenvalue weighted by atomic mass is 127. The summed E-state index contributed by atoms with van der Waals surface area (Å²) in [6.45, 7) is 5.91. The highest BCUT2D eigenvalue weighted by Crippen LogP contribution is 2.13. The van der Waals surface area contributed by atoms with Crippen LogP contribution in [0.4, 0.5) is 0 Å². The van der Waals surface area contributed by atoms with E-state index in [0.717, 1.165) is 6.04 Å². The van der Waals surface area contributed by atoms with E-state index in [9.17, 15) is 0 Å². The average molecular weight is 268 g/mol. The monoisotopic (exact) mass is 268 g/mol. The lowest BCUT2D eigenvalue weighted by molar-refractivity contribution is 0.326. The molecule has 0 atom stereocenters. The molecule has 1 saturated heterocycles. The lowest BCUT2D eigenvalue weighted by Gasteiger charge is -2.28. The molecule has 3 heteroatoms. The maximum atomic E-state index is 3.56. The standard InChI is InChI=1S/C8H17IN2/c1-2-5-10-8-3-6-11(9)7-4-8/h8,10H,2-7H2,1H3. The molecule has 2 nitrogen and oxygen atoms in total. The third kappa shape index (κ3) is 3.71. The summed E-state index contributed by atoms with van der Waals surface area (Å²) in [5.41, 5.74) is 0. The molecule has 1 rings (SSSR count). The second kappa shape index (κ2) is 5.32. The van der Waals surface area contributed by atoms with Crippen molar-refractivity contribution >= 4 is 22.9 Å². The van der Waals surface area contributed by atoms with Crippen molar-refractivity contribution in [1.29, 1.82) is 0 Å². The topological polar surface area (TPSA) is 15.3 Å². The zero-order valence-corrected chi connectivity index (χ0v) is 9.30. The van der Waals surface area contributed by atoms with Gasteiger partial charge in [0.25, 0.3) is 0 Å². The fraction of sp³-hybridized carbons (Fsp3) is 1.00. The lowest BCUT2D eigenvalue weighted by Crippen LogP contribution is -2.39. The van der Waals surface area contributed by atoms with Crippen LogP contribution >= 0.6 is 22.9 Å². The molecular formula is C8H17IN2. The molecule has 0 aromatic rings. The summed E-state index contributed by atoms with van der Waals surface area (Å²) < 4.78 is 2.38. The van der Waals surface area contributed by atoms with Crippen LogP contribution in [0.25, 0.3) is 0 Å². The van der Waals surface area contributed by atoms with Crippen molar-refractivity contribution in [3.63, 3.8) is 0 Å². The summed E-state index contributed by atoms with van der Waals surface area (Å²) in [5, 5.41) is 3.56. The van der Waals surface area contributed by atoms with Gasteiger partial charge < -0.3 is 5.32 Å². The Labute approximate surface area is 83.2 Å². The van der Waals surface area contributed by atoms with Gasteiger partial charge in [0.1, 0.15) is 0 Å². The lowest BCUT2D eigenvalue weighted by atomic mass is 10.1. The molecule has 0 bridgehead atoms. The molecule has 1 heterocycles. The largest absolute Gasteiger partial charge is 0.314 e. The van der Waals surface area contributed by atoms with Gasteiger partial charge in [-0.15, -0.1) is 0 Å². The van der Waals surface area contributed by atoms with E-state index in [1.807, 2.05) is 0 Å². The number of halogens is 1. The molecule has 0 saturated carbocycles. The highest BCUT2D eigenvalue weighted by molar-refractivity contribution is 14.1. The van der Waals surface area contributed by atoms with E-state index in [1.54, 1.807) is 0 Å². The second-order valence-corrected chi connectivity index (χ2v) is 4.50. The molecule has 1 fully saturated rings. The van der Waals surface area contributed by atoms with Gasteiger partial charge in [0.15, 0.2) is 0 Å². The van der Waals surface area contributed by atoms with Crippen molar-refractivity contribution in [3.05, 3.63) is 0 Å². The molecule has 0 unspecified atom stereocenters. The van der Waals surface area contributed by atoms with Crippen LogP contribution in [0.2, 0.25) is 0 Å². The summed E-state index contributed by atoms with van der Waals surface area (Å²) in [7, 11) is 0. The molecule has 0 spiro atoms. The minimum atomic E-state index is 0.793. The number of nitrogens with one attached hydrogen (secondary N) is 1. The molecule has 11 heavy (non-hydrogen) atoms. The van der Waals surface area contributed by atoms with E-state index >= 15 is 0 Å². The Bertz CT molecular complexity index is 97.5. The van der Waals surface area contributed by atoms with Crippen molar-refractivity contribution < 1.29 is 0 Å².